The van der Waals surface area contributed by atoms with Crippen molar-refractivity contribution in [3.05, 3.63) is 86.2 Å². The number of aryl methyl sites for hydroxylation is 1. The minimum absolute atomic E-state index is 0.0382. The fraction of sp³-hybridized carbons (Fsp3) is 0.500. The number of amides is 5. The molecule has 0 bridgehead atoms. The predicted octanol–water partition coefficient (Wildman–Crippen LogP) is 4.36. The number of nitrogens with one attached hydrogen (secondary N) is 4. The molecular formula is C50H59N7O10. The highest BCUT2D eigenvalue weighted by molar-refractivity contribution is 6.25. The number of H-pyrrole nitrogens is 1. The summed E-state index contributed by atoms with van der Waals surface area (Å²) in [5.74, 6) is -2.18. The van der Waals surface area contributed by atoms with E-state index in [0.29, 0.717) is 77.9 Å². The van der Waals surface area contributed by atoms with Crippen LogP contribution in [0.25, 0.3) is 6.08 Å². The monoisotopic (exact) mass is 917 g/mol. The first-order valence-corrected chi connectivity index (χ1v) is 23.4. The lowest BCUT2D eigenvalue weighted by molar-refractivity contribution is -0.136. The number of imide groups is 2. The average Bonchev–Trinajstić information content (AvgIpc) is 3.84. The van der Waals surface area contributed by atoms with E-state index in [2.05, 4.69) is 64.8 Å². The van der Waals surface area contributed by atoms with Crippen LogP contribution >= 0.6 is 0 Å². The number of carbonyl (C=O) groups excluding carboxylic acids is 6. The lowest BCUT2D eigenvalue weighted by Gasteiger charge is -2.38. The molecule has 4 N–H and O–H groups in total. The largest absolute Gasteiger partial charge is 0.382 e. The van der Waals surface area contributed by atoms with Crippen LogP contribution in [0.3, 0.4) is 0 Å². The Labute approximate surface area is 389 Å². The van der Waals surface area contributed by atoms with Crippen molar-refractivity contribution in [2.75, 3.05) is 82.7 Å². The number of carbonyl (C=O) groups is 6. The SMILES string of the molecule is CCc1cc2c(cc1N1CCC(NC(=O)CCOCCOCCOCCOCCNc3cccc4c3C(=O)N(C3CCC(=O)NC3=O)C4=O)CC1)C(C)(C)c1[nH]c3c(c1C2=O)CCC(C#N)=C3. The van der Waals surface area contributed by atoms with Crippen molar-refractivity contribution < 1.29 is 47.7 Å². The lowest BCUT2D eigenvalue weighted by atomic mass is 9.70. The first-order valence-electron chi connectivity index (χ1n) is 23.4. The van der Waals surface area contributed by atoms with Crippen molar-refractivity contribution in [1.29, 1.82) is 5.26 Å². The average molecular weight is 918 g/mol. The molecule has 8 rings (SSSR count). The Kier molecular flexibility index (Phi) is 14.7. The Balaban J connectivity index is 0.667. The van der Waals surface area contributed by atoms with E-state index in [9.17, 15) is 34.0 Å². The second kappa shape index (κ2) is 20.8. The fourth-order valence-corrected chi connectivity index (χ4v) is 9.85. The summed E-state index contributed by atoms with van der Waals surface area (Å²) in [5.41, 5.74) is 8.85. The van der Waals surface area contributed by atoms with Crippen LogP contribution in [0.4, 0.5) is 11.4 Å². The second-order valence-electron chi connectivity index (χ2n) is 18.0. The normalized spacial score (nSPS) is 18.7. The number of piperidine rings is 2. The molecule has 3 aliphatic heterocycles. The molecule has 4 heterocycles. The zero-order chi connectivity index (χ0) is 47.2. The molecule has 67 heavy (non-hydrogen) atoms. The third-order valence-electron chi connectivity index (χ3n) is 13.4. The van der Waals surface area contributed by atoms with E-state index in [0.717, 1.165) is 87.7 Å². The zero-order valence-electron chi connectivity index (χ0n) is 38.5. The van der Waals surface area contributed by atoms with Crippen LogP contribution in [-0.4, -0.2) is 130 Å². The van der Waals surface area contributed by atoms with Crippen molar-refractivity contribution in [2.24, 2.45) is 0 Å². The third kappa shape index (κ3) is 9.94. The van der Waals surface area contributed by atoms with Gasteiger partial charge in [-0.3, -0.25) is 39.0 Å². The minimum atomic E-state index is -1.02. The Bertz CT molecular complexity index is 2510. The van der Waals surface area contributed by atoms with E-state index >= 15 is 0 Å². The van der Waals surface area contributed by atoms with Gasteiger partial charge < -0.3 is 39.5 Å². The van der Waals surface area contributed by atoms with Gasteiger partial charge >= 0.3 is 0 Å². The molecule has 1 atom stereocenters. The van der Waals surface area contributed by atoms with Crippen LogP contribution in [-0.2, 0) is 51.6 Å². The highest BCUT2D eigenvalue weighted by Crippen LogP contribution is 2.46. The molecule has 1 aromatic heterocycles. The Morgan fingerprint density at radius 2 is 1.55 bits per heavy atom. The van der Waals surface area contributed by atoms with Gasteiger partial charge in [0.1, 0.15) is 6.04 Å². The van der Waals surface area contributed by atoms with Crippen molar-refractivity contribution >= 4 is 52.8 Å². The Morgan fingerprint density at radius 3 is 2.24 bits per heavy atom. The van der Waals surface area contributed by atoms with Gasteiger partial charge in [-0.05, 0) is 85.6 Å². The number of hydrogen-bond acceptors (Lipinski definition) is 13. The molecular weight excluding hydrogens is 859 g/mol. The Hall–Kier alpha value is -6.19. The molecule has 2 fully saturated rings. The van der Waals surface area contributed by atoms with Crippen molar-refractivity contribution in [3.63, 3.8) is 0 Å². The van der Waals surface area contributed by atoms with E-state index in [4.69, 9.17) is 18.9 Å². The van der Waals surface area contributed by atoms with Crippen LogP contribution in [0, 0.1) is 11.3 Å². The van der Waals surface area contributed by atoms with Gasteiger partial charge in [0.15, 0.2) is 5.78 Å². The number of fused-ring (bicyclic) bond motifs is 5. The van der Waals surface area contributed by atoms with E-state index in [1.807, 2.05) is 6.08 Å². The number of rotatable bonds is 20. The summed E-state index contributed by atoms with van der Waals surface area (Å²) in [7, 11) is 0. The standard InChI is InChI=1S/C50H59N7O10/c1-4-31-27-35-36(50(2,3)46-44(45(35)60)33-9-8-30(29-51)26-38(33)54-46)28-40(31)56-16-12-32(13-17-56)53-42(59)14-18-64-20-22-66-24-25-67-23-21-65-19-15-52-37-7-5-6-34-43(37)49(63)57(48(34)62)39-10-11-41(58)55-47(39)61/h5-7,26-28,32,39,52,54H,4,8-25H2,1-3H3,(H,53,59)(H,55,58,61). The van der Waals surface area contributed by atoms with Crippen molar-refractivity contribution in [1.82, 2.24) is 20.5 Å². The number of allylic oxidation sites excluding steroid dienone is 1. The van der Waals surface area contributed by atoms with Crippen LogP contribution in [0.1, 0.15) is 124 Å². The third-order valence-corrected chi connectivity index (χ3v) is 13.4. The summed E-state index contributed by atoms with van der Waals surface area (Å²) in [6, 6.07) is 10.6. The highest BCUT2D eigenvalue weighted by atomic mass is 16.6. The number of anilines is 2. The second-order valence-corrected chi connectivity index (χ2v) is 18.0. The number of nitriles is 1. The fourth-order valence-electron chi connectivity index (χ4n) is 9.85. The quantitative estimate of drug-likeness (QED) is 0.0916. The lowest BCUT2D eigenvalue weighted by Crippen LogP contribution is -2.54. The van der Waals surface area contributed by atoms with E-state index in [1.54, 1.807) is 18.2 Å². The molecule has 5 aliphatic rings. The zero-order valence-corrected chi connectivity index (χ0v) is 38.5. The molecule has 0 saturated carbocycles. The summed E-state index contributed by atoms with van der Waals surface area (Å²) in [6.45, 7) is 11.2. The van der Waals surface area contributed by atoms with Crippen molar-refractivity contribution in [3.8, 4) is 6.07 Å². The van der Waals surface area contributed by atoms with Gasteiger partial charge in [0, 0.05) is 83.4 Å². The Morgan fingerprint density at radius 1 is 0.851 bits per heavy atom. The first kappa shape index (κ1) is 47.3. The van der Waals surface area contributed by atoms with Crippen molar-refractivity contribution in [2.45, 2.75) is 89.6 Å². The van der Waals surface area contributed by atoms with E-state index < -0.39 is 35.1 Å². The number of ketones is 1. The number of nitrogens with zero attached hydrogens (tertiary/aromatic N) is 3. The molecule has 17 heteroatoms. The van der Waals surface area contributed by atoms with Gasteiger partial charge in [-0.25, -0.2) is 0 Å². The van der Waals surface area contributed by atoms with E-state index in [1.165, 1.54) is 0 Å². The van der Waals surface area contributed by atoms with Crippen LogP contribution < -0.4 is 20.9 Å². The van der Waals surface area contributed by atoms with Crippen LogP contribution in [0.5, 0.6) is 0 Å². The van der Waals surface area contributed by atoms with Gasteiger partial charge in [-0.1, -0.05) is 26.8 Å². The molecule has 2 aromatic carbocycles. The predicted molar refractivity (Wildman–Crippen MR) is 247 cm³/mol. The maximum atomic E-state index is 14.1. The molecule has 5 amide bonds. The molecule has 3 aromatic rings. The summed E-state index contributed by atoms with van der Waals surface area (Å²) in [5, 5.41) is 18.0. The van der Waals surface area contributed by atoms with Gasteiger partial charge in [-0.2, -0.15) is 5.26 Å². The first-order chi connectivity index (χ1) is 32.4. The highest BCUT2D eigenvalue weighted by Gasteiger charge is 2.46. The maximum absolute atomic E-state index is 14.1. The number of ether oxygens (including phenoxy) is 4. The van der Waals surface area contributed by atoms with Crippen LogP contribution in [0.2, 0.25) is 0 Å². The minimum Gasteiger partial charge on any atom is -0.382 e. The number of aromatic nitrogens is 1. The summed E-state index contributed by atoms with van der Waals surface area (Å²) in [6.07, 6.45) is 6.06. The van der Waals surface area contributed by atoms with Gasteiger partial charge in [0.25, 0.3) is 11.8 Å². The molecule has 2 saturated heterocycles. The van der Waals surface area contributed by atoms with Gasteiger partial charge in [0.2, 0.25) is 17.7 Å². The molecule has 0 radical (unpaired) electrons. The molecule has 17 nitrogen and oxygen atoms in total. The summed E-state index contributed by atoms with van der Waals surface area (Å²) < 4.78 is 22.4. The van der Waals surface area contributed by atoms with Gasteiger partial charge in [0.05, 0.1) is 70.1 Å². The van der Waals surface area contributed by atoms with E-state index in [-0.39, 0.29) is 48.1 Å². The van der Waals surface area contributed by atoms with Crippen LogP contribution in [0.15, 0.2) is 35.9 Å². The molecule has 0 spiro atoms. The number of hydrogen-bond donors (Lipinski definition) is 4. The molecule has 354 valence electrons. The molecule has 2 aliphatic carbocycles. The number of aromatic amines is 1. The smallest absolute Gasteiger partial charge is 0.264 e. The summed E-state index contributed by atoms with van der Waals surface area (Å²) in [4.78, 5) is 84.0. The summed E-state index contributed by atoms with van der Waals surface area (Å²) >= 11 is 0. The topological polar surface area (TPSA) is 221 Å². The maximum Gasteiger partial charge on any atom is 0.264 e. The number of benzene rings is 2. The van der Waals surface area contributed by atoms with Gasteiger partial charge in [-0.15, -0.1) is 0 Å². The molecule has 1 unspecified atom stereocenters.